The molecule has 2 aromatic heterocycles. The maximum atomic E-state index is 14.0. The van der Waals surface area contributed by atoms with Gasteiger partial charge in [-0.25, -0.2) is 0 Å². The highest BCUT2D eigenvalue weighted by Crippen LogP contribution is 2.68. The van der Waals surface area contributed by atoms with E-state index in [0.717, 1.165) is 22.8 Å². The van der Waals surface area contributed by atoms with Crippen LogP contribution in [0.3, 0.4) is 0 Å². The van der Waals surface area contributed by atoms with Crippen molar-refractivity contribution >= 4 is 19.0 Å². The molecular weight excluding hydrogens is 640 g/mol. The lowest BCUT2D eigenvalue weighted by atomic mass is 9.82. The molecule has 2 unspecified atom stereocenters. The van der Waals surface area contributed by atoms with Crippen molar-refractivity contribution in [3.8, 4) is 22.3 Å². The Bertz CT molecular complexity index is 1850. The molecule has 3 heterocycles. The van der Waals surface area contributed by atoms with Crippen molar-refractivity contribution in [2.45, 2.75) is 117 Å². The molecule has 0 N–H and O–H groups in total. The Morgan fingerprint density at radius 1 is 0.510 bits per heavy atom. The van der Waals surface area contributed by atoms with Crippen molar-refractivity contribution in [3.63, 3.8) is 0 Å². The van der Waals surface area contributed by atoms with E-state index in [1.54, 1.807) is 0 Å². The largest absolute Gasteiger partial charge is 0.300 e. The molecular formula is C47H55N2OP. The van der Waals surface area contributed by atoms with E-state index in [4.69, 9.17) is 9.97 Å². The van der Waals surface area contributed by atoms with Crippen LogP contribution in [0, 0.1) is 13.8 Å². The number of hydrogen-bond acceptors (Lipinski definition) is 3. The lowest BCUT2D eigenvalue weighted by Gasteiger charge is -2.41. The minimum absolute atomic E-state index is 0.0456. The van der Waals surface area contributed by atoms with Crippen LogP contribution in [0.4, 0.5) is 0 Å². The molecule has 3 aromatic carbocycles. The van der Waals surface area contributed by atoms with Gasteiger partial charge >= 0.3 is 0 Å². The minimum atomic E-state index is -1.06. The average Bonchev–Trinajstić information content (AvgIpc) is 3.10. The summed E-state index contributed by atoms with van der Waals surface area (Å²) in [6.07, 6.45) is 0.980. The molecule has 1 saturated heterocycles. The molecule has 4 heteroatoms. The molecule has 1 aliphatic rings. The number of Topliss-reactive ketones (excluding diaryl/α,β-unsaturated/α-hetero) is 1. The Labute approximate surface area is 308 Å². The predicted octanol–water partition coefficient (Wildman–Crippen LogP) is 12.9. The molecule has 2 atom stereocenters. The molecule has 0 spiro atoms. The zero-order valence-corrected chi connectivity index (χ0v) is 33.2. The molecule has 5 aromatic rings. The van der Waals surface area contributed by atoms with Gasteiger partial charge in [0.05, 0.1) is 0 Å². The molecule has 51 heavy (non-hydrogen) atoms. The van der Waals surface area contributed by atoms with Crippen molar-refractivity contribution in [1.82, 2.24) is 9.97 Å². The number of carbonyl (C=O) groups is 1. The van der Waals surface area contributed by atoms with Crippen molar-refractivity contribution in [2.24, 2.45) is 0 Å². The highest BCUT2D eigenvalue weighted by molar-refractivity contribution is 7.67. The Kier molecular flexibility index (Phi) is 11.1. The number of aryl methyl sites for hydroxylation is 2. The number of benzene rings is 3. The fourth-order valence-electron chi connectivity index (χ4n) is 8.18. The first-order valence-corrected chi connectivity index (χ1v) is 20.4. The van der Waals surface area contributed by atoms with Gasteiger partial charge in [-0.2, -0.15) is 0 Å². The summed E-state index contributed by atoms with van der Waals surface area (Å²) in [5.41, 5.74) is 14.8. The van der Waals surface area contributed by atoms with E-state index in [-0.39, 0.29) is 11.3 Å². The normalized spacial score (nSPS) is 18.0. The minimum Gasteiger partial charge on any atom is -0.300 e. The number of aromatic nitrogens is 2. The highest BCUT2D eigenvalue weighted by atomic mass is 31.1. The van der Waals surface area contributed by atoms with E-state index in [9.17, 15) is 4.79 Å². The Balaban J connectivity index is 1.83. The predicted molar refractivity (Wildman–Crippen MR) is 218 cm³/mol. The number of pyridine rings is 2. The van der Waals surface area contributed by atoms with Crippen LogP contribution in [0.5, 0.6) is 0 Å². The van der Waals surface area contributed by atoms with Gasteiger partial charge in [0.15, 0.2) is 0 Å². The van der Waals surface area contributed by atoms with E-state index in [2.05, 4.69) is 160 Å². The van der Waals surface area contributed by atoms with Crippen LogP contribution in [0.2, 0.25) is 0 Å². The summed E-state index contributed by atoms with van der Waals surface area (Å²) in [5.74, 6) is 1.66. The Morgan fingerprint density at radius 3 is 1.18 bits per heavy atom. The van der Waals surface area contributed by atoms with Gasteiger partial charge in [-0.3, -0.25) is 14.8 Å². The van der Waals surface area contributed by atoms with Gasteiger partial charge in [0.25, 0.3) is 0 Å². The summed E-state index contributed by atoms with van der Waals surface area (Å²) in [4.78, 5) is 24.4. The average molecular weight is 695 g/mol. The van der Waals surface area contributed by atoms with Gasteiger partial charge in [-0.1, -0.05) is 130 Å². The summed E-state index contributed by atoms with van der Waals surface area (Å²) in [7, 11) is -1.06. The molecule has 0 bridgehead atoms. The van der Waals surface area contributed by atoms with E-state index >= 15 is 0 Å². The Hall–Kier alpha value is -3.94. The summed E-state index contributed by atoms with van der Waals surface area (Å²) in [6.45, 7) is 22.7. The van der Waals surface area contributed by atoms with Gasteiger partial charge in [0.2, 0.25) is 0 Å². The van der Waals surface area contributed by atoms with Crippen molar-refractivity contribution < 1.29 is 4.79 Å². The standard InChI is InChI=1S/C47H55N2OP/c1-28(2)35-18-13-19-36(29(3)4)45(35)39-22-15-23-40(46-37(30(5)6)20-14-21-38(46)31(7)8)47(39)51-43(41-24-11-16-32(9)48-41)26-34(50)27-44(51)42-25-12-17-33(10)49-42/h11-25,28-31,43-44H,26-27H2,1-10H3. The quantitative estimate of drug-likeness (QED) is 0.144. The first kappa shape index (κ1) is 36.8. The summed E-state index contributed by atoms with van der Waals surface area (Å²) in [5, 5.41) is 1.40. The topological polar surface area (TPSA) is 42.9 Å². The fraction of sp³-hybridized carbons (Fsp3) is 0.383. The monoisotopic (exact) mass is 694 g/mol. The third-order valence-corrected chi connectivity index (χ3v) is 13.8. The van der Waals surface area contributed by atoms with E-state index in [1.165, 1.54) is 49.8 Å². The van der Waals surface area contributed by atoms with Gasteiger partial charge in [0.1, 0.15) is 5.78 Å². The molecule has 1 aliphatic heterocycles. The lowest BCUT2D eigenvalue weighted by Crippen LogP contribution is -2.27. The summed E-state index contributed by atoms with van der Waals surface area (Å²) in [6, 6.07) is 33.6. The third kappa shape index (κ3) is 7.38. The smallest absolute Gasteiger partial charge is 0.134 e. The van der Waals surface area contributed by atoms with Crippen LogP contribution in [0.1, 0.15) is 148 Å². The van der Waals surface area contributed by atoms with E-state index < -0.39 is 7.92 Å². The van der Waals surface area contributed by atoms with Crippen molar-refractivity contribution in [3.05, 3.63) is 136 Å². The van der Waals surface area contributed by atoms with Crippen LogP contribution in [-0.4, -0.2) is 15.8 Å². The second-order valence-corrected chi connectivity index (χ2v) is 18.2. The van der Waals surface area contributed by atoms with Crippen molar-refractivity contribution in [2.75, 3.05) is 0 Å². The zero-order valence-electron chi connectivity index (χ0n) is 32.3. The molecule has 6 rings (SSSR count). The number of rotatable bonds is 9. The third-order valence-electron chi connectivity index (χ3n) is 10.6. The van der Waals surface area contributed by atoms with Gasteiger partial charge < -0.3 is 0 Å². The van der Waals surface area contributed by atoms with E-state index in [0.29, 0.717) is 42.3 Å². The molecule has 0 radical (unpaired) electrons. The van der Waals surface area contributed by atoms with Crippen LogP contribution >= 0.6 is 7.92 Å². The van der Waals surface area contributed by atoms with Gasteiger partial charge in [-0.15, -0.1) is 0 Å². The van der Waals surface area contributed by atoms with Gasteiger partial charge in [-0.05, 0) is 112 Å². The van der Waals surface area contributed by atoms with Gasteiger partial charge in [0, 0.05) is 46.9 Å². The molecule has 0 saturated carbocycles. The summed E-state index contributed by atoms with van der Waals surface area (Å²) >= 11 is 0. The molecule has 1 fully saturated rings. The van der Waals surface area contributed by atoms with Crippen molar-refractivity contribution in [1.29, 1.82) is 0 Å². The second kappa shape index (κ2) is 15.3. The maximum absolute atomic E-state index is 14.0. The molecule has 264 valence electrons. The first-order valence-electron chi connectivity index (χ1n) is 18.9. The number of hydrogen-bond donors (Lipinski definition) is 0. The number of ketones is 1. The maximum Gasteiger partial charge on any atom is 0.134 e. The number of carbonyl (C=O) groups excluding carboxylic acids is 1. The number of nitrogens with zero attached hydrogens (tertiary/aromatic N) is 2. The molecule has 0 aliphatic carbocycles. The second-order valence-electron chi connectivity index (χ2n) is 15.7. The van der Waals surface area contributed by atoms with Crippen LogP contribution in [0.25, 0.3) is 22.3 Å². The SMILES string of the molecule is Cc1cccc(C2CC(=O)CC(c3cccc(C)n3)P2c2c(-c3c(C(C)C)cccc3C(C)C)cccc2-c2c(C(C)C)cccc2C(C)C)n1. The molecule has 0 amide bonds. The zero-order chi connectivity index (χ0) is 36.6. The lowest BCUT2D eigenvalue weighted by molar-refractivity contribution is -0.119. The van der Waals surface area contributed by atoms with Crippen LogP contribution in [-0.2, 0) is 4.79 Å². The van der Waals surface area contributed by atoms with Crippen LogP contribution < -0.4 is 5.30 Å². The van der Waals surface area contributed by atoms with Crippen LogP contribution in [0.15, 0.2) is 91.0 Å². The highest BCUT2D eigenvalue weighted by Gasteiger charge is 2.43. The first-order chi connectivity index (χ1) is 24.4. The Morgan fingerprint density at radius 2 is 0.843 bits per heavy atom. The summed E-state index contributed by atoms with van der Waals surface area (Å²) < 4.78 is 0. The molecule has 3 nitrogen and oxygen atoms in total. The van der Waals surface area contributed by atoms with E-state index in [1.807, 2.05) is 0 Å². The fourth-order valence-corrected chi connectivity index (χ4v) is 11.8.